The molecule has 2 nitrogen and oxygen atoms in total. The van der Waals surface area contributed by atoms with Crippen LogP contribution >= 0.6 is 0 Å². The molecule has 0 unspecified atom stereocenters. The third kappa shape index (κ3) is 2.74. The maximum atomic E-state index is 11.2. The van der Waals surface area contributed by atoms with Crippen LogP contribution in [0.2, 0.25) is 0 Å². The number of carbonyl (C=O) groups is 1. The van der Waals surface area contributed by atoms with Crippen LogP contribution in [0.1, 0.15) is 20.3 Å². The van der Waals surface area contributed by atoms with Crippen LogP contribution in [0.3, 0.4) is 0 Å². The normalized spacial score (nSPS) is 12.8. The number of ketones is 1. The lowest BCUT2D eigenvalue weighted by Gasteiger charge is -1.99. The van der Waals surface area contributed by atoms with Gasteiger partial charge in [0, 0.05) is 6.42 Å². The van der Waals surface area contributed by atoms with Crippen LogP contribution < -0.4 is 0 Å². The molecule has 0 saturated carbocycles. The van der Waals surface area contributed by atoms with Gasteiger partial charge in [0.2, 0.25) is 0 Å². The molecule has 0 aliphatic carbocycles. The summed E-state index contributed by atoms with van der Waals surface area (Å²) in [6, 6.07) is 0. The van der Waals surface area contributed by atoms with Crippen molar-refractivity contribution in [2.24, 2.45) is 0 Å². The van der Waals surface area contributed by atoms with Gasteiger partial charge in [-0.3, -0.25) is 4.79 Å². The van der Waals surface area contributed by atoms with Gasteiger partial charge < -0.3 is 5.11 Å². The van der Waals surface area contributed by atoms with Gasteiger partial charge in [-0.25, -0.2) is 0 Å². The molecule has 1 N–H and O–H groups in total. The Balaban J connectivity index is 4.90. The number of hydrogen-bond acceptors (Lipinski definition) is 2. The van der Waals surface area contributed by atoms with Crippen molar-refractivity contribution in [1.29, 1.82) is 0 Å². The minimum Gasteiger partial charge on any atom is -0.507 e. The van der Waals surface area contributed by atoms with Crippen molar-refractivity contribution in [2.45, 2.75) is 20.3 Å². The van der Waals surface area contributed by atoms with Gasteiger partial charge in [0.1, 0.15) is 5.76 Å². The Bertz CT molecular complexity index is 234. The smallest absolute Gasteiger partial charge is 0.166 e. The van der Waals surface area contributed by atoms with Gasteiger partial charge in [0.25, 0.3) is 0 Å². The van der Waals surface area contributed by atoms with Crippen LogP contribution in [0.25, 0.3) is 0 Å². The molecule has 0 radical (unpaired) electrons. The summed E-state index contributed by atoms with van der Waals surface area (Å²) in [7, 11) is 0. The monoisotopic (exact) mass is 166 g/mol. The van der Waals surface area contributed by atoms with Crippen LogP contribution in [0, 0.1) is 0 Å². The van der Waals surface area contributed by atoms with Gasteiger partial charge in [-0.15, -0.1) is 0 Å². The highest BCUT2D eigenvalue weighted by Crippen LogP contribution is 2.08. The Morgan fingerprint density at radius 3 is 2.50 bits per heavy atom. The fourth-order valence-corrected chi connectivity index (χ4v) is 0.788. The van der Waals surface area contributed by atoms with Gasteiger partial charge in [-0.2, -0.15) is 0 Å². The molecule has 0 aromatic rings. The summed E-state index contributed by atoms with van der Waals surface area (Å²) >= 11 is 0. The van der Waals surface area contributed by atoms with Gasteiger partial charge >= 0.3 is 0 Å². The molecule has 0 atom stereocenters. The van der Waals surface area contributed by atoms with Crippen LogP contribution in [0.15, 0.2) is 36.1 Å². The van der Waals surface area contributed by atoms with Crippen molar-refractivity contribution < 1.29 is 9.90 Å². The summed E-state index contributed by atoms with van der Waals surface area (Å²) in [6.07, 6.45) is 4.95. The van der Waals surface area contributed by atoms with Gasteiger partial charge in [0.05, 0.1) is 5.57 Å². The molecule has 66 valence electrons. The van der Waals surface area contributed by atoms with Crippen molar-refractivity contribution >= 4 is 5.78 Å². The van der Waals surface area contributed by atoms with E-state index in [2.05, 4.69) is 6.58 Å². The summed E-state index contributed by atoms with van der Waals surface area (Å²) in [4.78, 5) is 11.2. The number of Topliss-reactive ketones (excluding diaryl/α,β-unsaturated/α-hetero) is 1. The predicted molar refractivity (Wildman–Crippen MR) is 50.0 cm³/mol. The third-order valence-corrected chi connectivity index (χ3v) is 1.42. The number of carbonyl (C=O) groups excluding carboxylic acids is 1. The maximum absolute atomic E-state index is 11.2. The molecule has 0 amide bonds. The average Bonchev–Trinajstić information content (AvgIpc) is 2.11. The van der Waals surface area contributed by atoms with Crippen LogP contribution in [0.5, 0.6) is 0 Å². The Morgan fingerprint density at radius 1 is 1.58 bits per heavy atom. The van der Waals surface area contributed by atoms with Crippen molar-refractivity contribution in [3.05, 3.63) is 36.1 Å². The first-order valence-corrected chi connectivity index (χ1v) is 3.88. The summed E-state index contributed by atoms with van der Waals surface area (Å²) in [6.45, 7) is 6.93. The second-order valence-electron chi connectivity index (χ2n) is 2.28. The largest absolute Gasteiger partial charge is 0.507 e. The Kier molecular flexibility index (Phi) is 4.77. The van der Waals surface area contributed by atoms with E-state index < -0.39 is 0 Å². The van der Waals surface area contributed by atoms with Crippen molar-refractivity contribution in [3.8, 4) is 0 Å². The Hall–Kier alpha value is -1.31. The van der Waals surface area contributed by atoms with E-state index in [-0.39, 0.29) is 11.5 Å². The number of hydrogen-bond donors (Lipinski definition) is 1. The molecular formula is C10H14O2. The molecule has 0 saturated heterocycles. The summed E-state index contributed by atoms with van der Waals surface area (Å²) in [5.41, 5.74) is 0.329. The number of aliphatic hydroxyl groups excluding tert-OH is 1. The number of allylic oxidation sites excluding steroid dienone is 4. The number of rotatable bonds is 4. The standard InChI is InChI=1S/C10H14O2/c1-4-7-8(9(11)5-2)10(12)6-3/h4-5,7,11H,2,6H2,1,3H3/b7-4-,9-8?. The first-order chi connectivity index (χ1) is 5.67. The van der Waals surface area contributed by atoms with Gasteiger partial charge in [0.15, 0.2) is 5.78 Å². The van der Waals surface area contributed by atoms with Crippen molar-refractivity contribution in [3.63, 3.8) is 0 Å². The van der Waals surface area contributed by atoms with E-state index in [0.29, 0.717) is 12.0 Å². The zero-order valence-electron chi connectivity index (χ0n) is 7.50. The van der Waals surface area contributed by atoms with E-state index in [9.17, 15) is 9.90 Å². The van der Waals surface area contributed by atoms with Gasteiger partial charge in [-0.1, -0.05) is 25.7 Å². The number of aliphatic hydroxyl groups is 1. The molecule has 0 aliphatic heterocycles. The minimum absolute atomic E-state index is 0.0556. The molecule has 12 heavy (non-hydrogen) atoms. The average molecular weight is 166 g/mol. The van der Waals surface area contributed by atoms with Crippen LogP contribution in [-0.4, -0.2) is 10.9 Å². The highest BCUT2D eigenvalue weighted by molar-refractivity contribution is 5.98. The fraction of sp³-hybridized carbons (Fsp3) is 0.300. The molecule has 0 aromatic carbocycles. The third-order valence-electron chi connectivity index (χ3n) is 1.42. The second-order valence-corrected chi connectivity index (χ2v) is 2.28. The van der Waals surface area contributed by atoms with Crippen LogP contribution in [0.4, 0.5) is 0 Å². The molecule has 2 heteroatoms. The topological polar surface area (TPSA) is 37.3 Å². The molecule has 0 rings (SSSR count). The molecule has 0 fully saturated rings. The maximum Gasteiger partial charge on any atom is 0.166 e. The van der Waals surface area contributed by atoms with Crippen molar-refractivity contribution in [2.75, 3.05) is 0 Å². The van der Waals surface area contributed by atoms with E-state index >= 15 is 0 Å². The minimum atomic E-state index is -0.0782. The van der Waals surface area contributed by atoms with Crippen molar-refractivity contribution in [1.82, 2.24) is 0 Å². The zero-order chi connectivity index (χ0) is 9.56. The SMILES string of the molecule is C=CC(O)=C(/C=C\C)C(=O)CC. The van der Waals surface area contributed by atoms with E-state index in [0.717, 1.165) is 0 Å². The van der Waals surface area contributed by atoms with E-state index in [1.807, 2.05) is 0 Å². The Labute approximate surface area is 72.9 Å². The predicted octanol–water partition coefficient (Wildman–Crippen LogP) is 2.54. The zero-order valence-corrected chi connectivity index (χ0v) is 7.50. The quantitative estimate of drug-likeness (QED) is 0.396. The van der Waals surface area contributed by atoms with E-state index in [4.69, 9.17) is 0 Å². The summed E-state index contributed by atoms with van der Waals surface area (Å²) in [5, 5.41) is 9.24. The summed E-state index contributed by atoms with van der Waals surface area (Å²) < 4.78 is 0. The molecule has 0 heterocycles. The fourth-order valence-electron chi connectivity index (χ4n) is 0.788. The van der Waals surface area contributed by atoms with E-state index in [1.54, 1.807) is 26.0 Å². The second kappa shape index (κ2) is 5.35. The molecular weight excluding hydrogens is 152 g/mol. The molecule has 0 aromatic heterocycles. The molecule has 0 aliphatic rings. The van der Waals surface area contributed by atoms with Crippen LogP contribution in [-0.2, 0) is 4.79 Å². The summed E-state index contributed by atoms with van der Waals surface area (Å²) in [5.74, 6) is -0.134. The molecule has 0 bridgehead atoms. The highest BCUT2D eigenvalue weighted by atomic mass is 16.3. The highest BCUT2D eigenvalue weighted by Gasteiger charge is 2.07. The lowest BCUT2D eigenvalue weighted by atomic mass is 10.1. The lowest BCUT2D eigenvalue weighted by molar-refractivity contribution is -0.115. The first-order valence-electron chi connectivity index (χ1n) is 3.88. The van der Waals surface area contributed by atoms with Gasteiger partial charge in [-0.05, 0) is 13.0 Å². The Morgan fingerprint density at radius 2 is 2.17 bits per heavy atom. The lowest BCUT2D eigenvalue weighted by Crippen LogP contribution is -2.01. The first kappa shape index (κ1) is 10.7. The van der Waals surface area contributed by atoms with E-state index in [1.165, 1.54) is 6.08 Å². The molecule has 0 spiro atoms.